The van der Waals surface area contributed by atoms with E-state index >= 15 is 0 Å². The largest absolute Gasteiger partial charge is 0.380 e. The van der Waals surface area contributed by atoms with E-state index in [1.807, 2.05) is 11.8 Å². The second-order valence-electron chi connectivity index (χ2n) is 4.09. The molecule has 0 aromatic heterocycles. The van der Waals surface area contributed by atoms with Crippen LogP contribution in [0.4, 0.5) is 0 Å². The molecule has 0 bridgehead atoms. The summed E-state index contributed by atoms with van der Waals surface area (Å²) in [6.07, 6.45) is 6.92. The number of ether oxygens (including phenoxy) is 1. The standard InChI is InChI=1S/C13H29N3OS/c1-4-5-10-17-11-9-16-13(14-2)15-8-6-7-12-18-3/h4-12H2,1-3H3,(H2,14,15,16). The summed E-state index contributed by atoms with van der Waals surface area (Å²) in [4.78, 5) is 4.17. The molecule has 0 rings (SSSR count). The molecule has 2 N–H and O–H groups in total. The Morgan fingerprint density at radius 2 is 1.89 bits per heavy atom. The van der Waals surface area contributed by atoms with E-state index in [2.05, 4.69) is 28.8 Å². The van der Waals surface area contributed by atoms with E-state index in [4.69, 9.17) is 4.74 Å². The summed E-state index contributed by atoms with van der Waals surface area (Å²) >= 11 is 1.90. The molecule has 0 amide bonds. The molecule has 0 saturated carbocycles. The van der Waals surface area contributed by atoms with Gasteiger partial charge >= 0.3 is 0 Å². The average molecular weight is 275 g/mol. The molecule has 0 unspecified atom stereocenters. The van der Waals surface area contributed by atoms with Crippen LogP contribution in [-0.2, 0) is 4.74 Å². The quantitative estimate of drug-likeness (QED) is 0.344. The van der Waals surface area contributed by atoms with Gasteiger partial charge in [-0.25, -0.2) is 0 Å². The third-order valence-corrected chi connectivity index (χ3v) is 3.17. The lowest BCUT2D eigenvalue weighted by Crippen LogP contribution is -2.39. The van der Waals surface area contributed by atoms with Crippen molar-refractivity contribution >= 4 is 17.7 Å². The molecular weight excluding hydrogens is 246 g/mol. The van der Waals surface area contributed by atoms with E-state index in [0.717, 1.165) is 38.7 Å². The molecule has 4 nitrogen and oxygen atoms in total. The number of hydrogen-bond donors (Lipinski definition) is 2. The molecule has 0 saturated heterocycles. The minimum atomic E-state index is 0.743. The predicted molar refractivity (Wildman–Crippen MR) is 82.7 cm³/mol. The minimum absolute atomic E-state index is 0.743. The fraction of sp³-hybridized carbons (Fsp3) is 0.923. The number of thioether (sulfide) groups is 1. The van der Waals surface area contributed by atoms with Gasteiger partial charge in [-0.3, -0.25) is 4.99 Å². The zero-order valence-corrected chi connectivity index (χ0v) is 12.9. The lowest BCUT2D eigenvalue weighted by Gasteiger charge is -2.11. The number of aliphatic imine (C=N–C) groups is 1. The molecule has 5 heteroatoms. The lowest BCUT2D eigenvalue weighted by molar-refractivity contribution is 0.136. The van der Waals surface area contributed by atoms with Crippen LogP contribution in [0.3, 0.4) is 0 Å². The van der Waals surface area contributed by atoms with Crippen molar-refractivity contribution in [2.24, 2.45) is 4.99 Å². The van der Waals surface area contributed by atoms with Gasteiger partial charge in [0.1, 0.15) is 0 Å². The Balaban J connectivity index is 3.36. The number of rotatable bonds is 11. The van der Waals surface area contributed by atoms with Gasteiger partial charge in [0, 0.05) is 26.7 Å². The van der Waals surface area contributed by atoms with Crippen molar-refractivity contribution in [2.75, 3.05) is 45.4 Å². The minimum Gasteiger partial charge on any atom is -0.380 e. The molecule has 0 aromatic rings. The van der Waals surface area contributed by atoms with Gasteiger partial charge in [-0.15, -0.1) is 0 Å². The fourth-order valence-electron chi connectivity index (χ4n) is 1.39. The Bertz CT molecular complexity index is 201. The number of hydrogen-bond acceptors (Lipinski definition) is 3. The van der Waals surface area contributed by atoms with Gasteiger partial charge in [-0.2, -0.15) is 11.8 Å². The summed E-state index contributed by atoms with van der Waals surface area (Å²) in [5.41, 5.74) is 0. The number of guanidine groups is 1. The summed E-state index contributed by atoms with van der Waals surface area (Å²) in [5.74, 6) is 2.11. The summed E-state index contributed by atoms with van der Waals surface area (Å²) < 4.78 is 5.48. The first-order valence-corrected chi connectivity index (χ1v) is 8.25. The average Bonchev–Trinajstić information content (AvgIpc) is 2.40. The zero-order valence-electron chi connectivity index (χ0n) is 12.1. The highest BCUT2D eigenvalue weighted by molar-refractivity contribution is 7.98. The van der Waals surface area contributed by atoms with Crippen LogP contribution in [0.15, 0.2) is 4.99 Å². The first kappa shape index (κ1) is 17.6. The molecule has 0 radical (unpaired) electrons. The van der Waals surface area contributed by atoms with Crippen molar-refractivity contribution in [1.29, 1.82) is 0 Å². The summed E-state index contributed by atoms with van der Waals surface area (Å²) in [6.45, 7) is 5.57. The van der Waals surface area contributed by atoms with Gasteiger partial charge in [-0.05, 0) is 31.3 Å². The molecule has 0 aliphatic rings. The van der Waals surface area contributed by atoms with E-state index in [-0.39, 0.29) is 0 Å². The maximum atomic E-state index is 5.48. The van der Waals surface area contributed by atoms with Crippen LogP contribution < -0.4 is 10.6 Å². The Hall–Kier alpha value is -0.420. The maximum Gasteiger partial charge on any atom is 0.191 e. The molecule has 0 aliphatic carbocycles. The predicted octanol–water partition coefficient (Wildman–Crippen LogP) is 2.11. The zero-order chi connectivity index (χ0) is 13.5. The topological polar surface area (TPSA) is 45.6 Å². The normalized spacial score (nSPS) is 11.6. The molecule has 0 spiro atoms. The molecule has 0 atom stereocenters. The van der Waals surface area contributed by atoms with Gasteiger partial charge in [-0.1, -0.05) is 13.3 Å². The van der Waals surface area contributed by atoms with Crippen LogP contribution >= 0.6 is 11.8 Å². The Labute approximate surface area is 116 Å². The van der Waals surface area contributed by atoms with Gasteiger partial charge < -0.3 is 15.4 Å². The van der Waals surface area contributed by atoms with Crippen molar-refractivity contribution in [3.05, 3.63) is 0 Å². The number of nitrogens with one attached hydrogen (secondary N) is 2. The van der Waals surface area contributed by atoms with Crippen molar-refractivity contribution in [2.45, 2.75) is 32.6 Å². The van der Waals surface area contributed by atoms with Crippen molar-refractivity contribution in [3.8, 4) is 0 Å². The van der Waals surface area contributed by atoms with Gasteiger partial charge in [0.25, 0.3) is 0 Å². The van der Waals surface area contributed by atoms with Crippen LogP contribution in [-0.4, -0.2) is 51.3 Å². The van der Waals surface area contributed by atoms with E-state index in [9.17, 15) is 0 Å². The first-order valence-electron chi connectivity index (χ1n) is 6.86. The molecule has 0 heterocycles. The van der Waals surface area contributed by atoms with Crippen molar-refractivity contribution in [1.82, 2.24) is 10.6 Å². The third kappa shape index (κ3) is 12.0. The number of unbranched alkanes of at least 4 members (excludes halogenated alkanes) is 2. The van der Waals surface area contributed by atoms with Crippen molar-refractivity contribution in [3.63, 3.8) is 0 Å². The second-order valence-corrected chi connectivity index (χ2v) is 5.08. The van der Waals surface area contributed by atoms with Crippen LogP contribution in [0.25, 0.3) is 0 Å². The van der Waals surface area contributed by atoms with Crippen LogP contribution in [0.1, 0.15) is 32.6 Å². The molecular formula is C13H29N3OS. The smallest absolute Gasteiger partial charge is 0.191 e. The van der Waals surface area contributed by atoms with Crippen LogP contribution in [0.2, 0.25) is 0 Å². The van der Waals surface area contributed by atoms with E-state index in [1.165, 1.54) is 25.0 Å². The molecule has 18 heavy (non-hydrogen) atoms. The first-order chi connectivity index (χ1) is 8.85. The summed E-state index contributed by atoms with van der Waals surface area (Å²) in [7, 11) is 1.80. The van der Waals surface area contributed by atoms with Crippen molar-refractivity contribution < 1.29 is 4.74 Å². The van der Waals surface area contributed by atoms with E-state index in [1.54, 1.807) is 7.05 Å². The highest BCUT2D eigenvalue weighted by Crippen LogP contribution is 1.97. The Morgan fingerprint density at radius 3 is 2.56 bits per heavy atom. The van der Waals surface area contributed by atoms with Gasteiger partial charge in [0.15, 0.2) is 5.96 Å². The highest BCUT2D eigenvalue weighted by atomic mass is 32.2. The summed E-state index contributed by atoms with van der Waals surface area (Å²) in [6, 6.07) is 0. The van der Waals surface area contributed by atoms with E-state index < -0.39 is 0 Å². The van der Waals surface area contributed by atoms with Crippen LogP contribution in [0.5, 0.6) is 0 Å². The molecule has 108 valence electrons. The summed E-state index contributed by atoms with van der Waals surface area (Å²) in [5, 5.41) is 6.55. The monoisotopic (exact) mass is 275 g/mol. The van der Waals surface area contributed by atoms with Gasteiger partial charge in [0.05, 0.1) is 6.61 Å². The SMILES string of the molecule is CCCCOCCNC(=NC)NCCCCSC. The number of nitrogens with zero attached hydrogens (tertiary/aromatic N) is 1. The maximum absolute atomic E-state index is 5.48. The van der Waals surface area contributed by atoms with Gasteiger partial charge in [0.2, 0.25) is 0 Å². The molecule has 0 aromatic carbocycles. The van der Waals surface area contributed by atoms with E-state index in [0.29, 0.717) is 0 Å². The molecule has 0 aliphatic heterocycles. The Kier molecular flexibility index (Phi) is 14.3. The lowest BCUT2D eigenvalue weighted by atomic mass is 10.3. The van der Waals surface area contributed by atoms with Crippen LogP contribution in [0, 0.1) is 0 Å². The fourth-order valence-corrected chi connectivity index (χ4v) is 1.88. The third-order valence-electron chi connectivity index (χ3n) is 2.47. The Morgan fingerprint density at radius 1 is 1.11 bits per heavy atom. The second kappa shape index (κ2) is 14.6. The highest BCUT2D eigenvalue weighted by Gasteiger charge is 1.96. The molecule has 0 fully saturated rings.